The van der Waals surface area contributed by atoms with E-state index >= 15 is 0 Å². The Balaban J connectivity index is 2.40. The van der Waals surface area contributed by atoms with Gasteiger partial charge in [0, 0.05) is 16.5 Å². The van der Waals surface area contributed by atoms with E-state index in [2.05, 4.69) is 10.0 Å². The summed E-state index contributed by atoms with van der Waals surface area (Å²) in [7, 11) is 0. The molecule has 0 amide bonds. The van der Waals surface area contributed by atoms with Gasteiger partial charge in [0.15, 0.2) is 5.54 Å². The molecular weight excluding hydrogens is 318 g/mol. The Bertz CT molecular complexity index is 622. The summed E-state index contributed by atoms with van der Waals surface area (Å²) in [6, 6.07) is 6.93. The van der Waals surface area contributed by atoms with Crippen LogP contribution in [0.4, 0.5) is 0 Å². The lowest BCUT2D eigenvalue weighted by atomic mass is 9.72. The van der Waals surface area contributed by atoms with Gasteiger partial charge in [-0.15, -0.1) is 0 Å². The van der Waals surface area contributed by atoms with Gasteiger partial charge >= 0.3 is 5.97 Å². The second kappa shape index (κ2) is 6.79. The van der Waals surface area contributed by atoms with Gasteiger partial charge in [0.2, 0.25) is 0 Å². The maximum Gasteiger partial charge on any atom is 0.316 e. The van der Waals surface area contributed by atoms with Crippen LogP contribution in [0.1, 0.15) is 32.3 Å². The van der Waals surface area contributed by atoms with Crippen LogP contribution >= 0.6 is 11.6 Å². The minimum atomic E-state index is -1.52. The summed E-state index contributed by atoms with van der Waals surface area (Å²) in [4.78, 5) is 14.9. The fourth-order valence-electron chi connectivity index (χ4n) is 3.19. The molecule has 1 fully saturated rings. The Morgan fingerprint density at radius 3 is 2.70 bits per heavy atom. The highest BCUT2D eigenvalue weighted by molar-refractivity contribution is 6.30. The number of benzene rings is 1. The molecule has 1 N–H and O–H groups in total. The first-order chi connectivity index (χ1) is 10.8. The van der Waals surface area contributed by atoms with E-state index < -0.39 is 17.1 Å². The number of rotatable bonds is 5. The number of hydrogen-bond acceptors (Lipinski definition) is 3. The van der Waals surface area contributed by atoms with E-state index in [4.69, 9.17) is 21.9 Å². The second-order valence-corrected chi connectivity index (χ2v) is 6.96. The lowest BCUT2D eigenvalue weighted by molar-refractivity contribution is -0.150. The van der Waals surface area contributed by atoms with Crippen LogP contribution in [0, 0.1) is 5.92 Å². The van der Waals surface area contributed by atoms with Crippen LogP contribution < -0.4 is 0 Å². The fraction of sp³-hybridized carbons (Fsp3) is 0.562. The van der Waals surface area contributed by atoms with Crippen LogP contribution in [-0.2, 0) is 16.0 Å². The normalized spacial score (nSPS) is 22.7. The summed E-state index contributed by atoms with van der Waals surface area (Å²) in [6.07, 6.45) is 1.19. The topological polar surface area (TPSA) is 95.3 Å². The molecule has 1 aliphatic rings. The summed E-state index contributed by atoms with van der Waals surface area (Å²) in [5.74, 6) is -1.40. The van der Waals surface area contributed by atoms with E-state index in [0.29, 0.717) is 24.5 Å². The maximum atomic E-state index is 12.1. The first-order valence-corrected chi connectivity index (χ1v) is 7.85. The molecule has 0 bridgehead atoms. The lowest BCUT2D eigenvalue weighted by Gasteiger charge is -2.42. The Morgan fingerprint density at radius 1 is 1.52 bits per heavy atom. The van der Waals surface area contributed by atoms with Gasteiger partial charge in [-0.25, -0.2) is 0 Å². The molecule has 7 heteroatoms. The van der Waals surface area contributed by atoms with Gasteiger partial charge in [-0.2, -0.15) is 0 Å². The van der Waals surface area contributed by atoms with E-state index in [1.165, 1.54) is 0 Å². The Hall–Kier alpha value is -1.75. The van der Waals surface area contributed by atoms with Gasteiger partial charge in [0.05, 0.1) is 5.60 Å². The number of hydrogen-bond donors (Lipinski definition) is 1. The molecule has 2 atom stereocenters. The Labute approximate surface area is 140 Å². The van der Waals surface area contributed by atoms with Crippen molar-refractivity contribution in [1.29, 1.82) is 0 Å². The molecule has 124 valence electrons. The molecular formula is C16H20ClN3O3. The number of ether oxygens (including phenoxy) is 1. The van der Waals surface area contributed by atoms with E-state index in [1.807, 2.05) is 13.8 Å². The molecule has 2 rings (SSSR count). The summed E-state index contributed by atoms with van der Waals surface area (Å²) < 4.78 is 5.67. The summed E-state index contributed by atoms with van der Waals surface area (Å²) >= 11 is 5.88. The SMILES string of the molecule is CC1(C)CC([C@](Cc2ccc(Cl)cc2)(N=[N+]=[N-])C(=O)O)CCO1. The third-order valence-corrected chi connectivity index (χ3v) is 4.60. The number of carbonyl (C=O) groups is 1. The van der Waals surface area contributed by atoms with E-state index in [-0.39, 0.29) is 12.3 Å². The zero-order valence-electron chi connectivity index (χ0n) is 13.2. The van der Waals surface area contributed by atoms with E-state index in [9.17, 15) is 9.90 Å². The first kappa shape index (κ1) is 17.6. The predicted octanol–water partition coefficient (Wildman–Crippen LogP) is 4.22. The predicted molar refractivity (Wildman–Crippen MR) is 87.4 cm³/mol. The number of carboxylic acid groups (broad SMARTS) is 1. The molecule has 0 saturated carbocycles. The molecule has 1 aromatic rings. The summed E-state index contributed by atoms with van der Waals surface area (Å²) in [6.45, 7) is 4.29. The number of carboxylic acids is 1. The van der Waals surface area contributed by atoms with E-state index in [1.54, 1.807) is 24.3 Å². The third-order valence-electron chi connectivity index (χ3n) is 4.35. The van der Waals surface area contributed by atoms with Crippen molar-refractivity contribution in [2.24, 2.45) is 11.0 Å². The molecule has 1 unspecified atom stereocenters. The summed E-state index contributed by atoms with van der Waals surface area (Å²) in [5, 5.41) is 14.2. The smallest absolute Gasteiger partial charge is 0.316 e. The number of nitrogens with zero attached hydrogens (tertiary/aromatic N) is 3. The van der Waals surface area contributed by atoms with Crippen molar-refractivity contribution in [2.75, 3.05) is 6.61 Å². The quantitative estimate of drug-likeness (QED) is 0.495. The van der Waals surface area contributed by atoms with Gasteiger partial charge < -0.3 is 9.84 Å². The van der Waals surface area contributed by atoms with Crippen molar-refractivity contribution in [2.45, 2.75) is 44.2 Å². The zero-order valence-corrected chi connectivity index (χ0v) is 14.0. The molecule has 6 nitrogen and oxygen atoms in total. The van der Waals surface area contributed by atoms with Gasteiger partial charge in [-0.1, -0.05) is 28.8 Å². The van der Waals surface area contributed by atoms with Gasteiger partial charge in [-0.3, -0.25) is 4.79 Å². The van der Waals surface area contributed by atoms with Gasteiger partial charge in [0.25, 0.3) is 0 Å². The third kappa shape index (κ3) is 3.96. The van der Waals surface area contributed by atoms with Crippen molar-refractivity contribution >= 4 is 17.6 Å². The zero-order chi connectivity index (χ0) is 17.1. The molecule has 0 aromatic heterocycles. The molecule has 1 saturated heterocycles. The van der Waals surface area contributed by atoms with E-state index in [0.717, 1.165) is 5.56 Å². The average Bonchev–Trinajstić information content (AvgIpc) is 2.47. The average molecular weight is 338 g/mol. The fourth-order valence-corrected chi connectivity index (χ4v) is 3.31. The number of halogens is 1. The molecule has 0 radical (unpaired) electrons. The Morgan fingerprint density at radius 2 is 2.17 bits per heavy atom. The van der Waals surface area contributed by atoms with Crippen LogP contribution in [0.2, 0.25) is 5.02 Å². The maximum absolute atomic E-state index is 12.1. The van der Waals surface area contributed by atoms with Gasteiger partial charge in [0.1, 0.15) is 0 Å². The highest BCUT2D eigenvalue weighted by atomic mass is 35.5. The van der Waals surface area contributed by atoms with Crippen molar-refractivity contribution in [3.05, 3.63) is 45.3 Å². The van der Waals surface area contributed by atoms with Crippen LogP contribution in [0.25, 0.3) is 10.4 Å². The molecule has 1 aromatic carbocycles. The molecule has 1 aliphatic heterocycles. The minimum absolute atomic E-state index is 0.129. The van der Waals surface area contributed by atoms with Crippen LogP contribution in [0.15, 0.2) is 29.4 Å². The highest BCUT2D eigenvalue weighted by Gasteiger charge is 2.48. The number of azide groups is 1. The van der Waals surface area contributed by atoms with Crippen LogP contribution in [-0.4, -0.2) is 28.8 Å². The molecule has 1 heterocycles. The van der Waals surface area contributed by atoms with Crippen LogP contribution in [0.3, 0.4) is 0 Å². The monoisotopic (exact) mass is 337 g/mol. The van der Waals surface area contributed by atoms with Crippen molar-refractivity contribution in [3.8, 4) is 0 Å². The first-order valence-electron chi connectivity index (χ1n) is 7.47. The van der Waals surface area contributed by atoms with Crippen molar-refractivity contribution < 1.29 is 14.6 Å². The van der Waals surface area contributed by atoms with Crippen molar-refractivity contribution in [3.63, 3.8) is 0 Å². The molecule has 0 aliphatic carbocycles. The minimum Gasteiger partial charge on any atom is -0.481 e. The molecule has 23 heavy (non-hydrogen) atoms. The largest absolute Gasteiger partial charge is 0.481 e. The number of aliphatic carboxylic acids is 1. The molecule has 0 spiro atoms. The second-order valence-electron chi connectivity index (χ2n) is 6.52. The lowest BCUT2D eigenvalue weighted by Crippen LogP contribution is -2.51. The van der Waals surface area contributed by atoms with Gasteiger partial charge in [-0.05, 0) is 62.3 Å². The standard InChI is InChI=1S/C16H20ClN3O3/c1-15(2)10-12(7-8-23-15)16(14(21)22,19-20-18)9-11-3-5-13(17)6-4-11/h3-6,12H,7-10H2,1-2H3,(H,21,22)/t12?,16-/m0/s1. The van der Waals surface area contributed by atoms with Crippen LogP contribution in [0.5, 0.6) is 0 Å². The summed E-state index contributed by atoms with van der Waals surface area (Å²) in [5.41, 5.74) is 7.79. The van der Waals surface area contributed by atoms with Crippen molar-refractivity contribution in [1.82, 2.24) is 0 Å². The Kier molecular flexibility index (Phi) is 5.19. The highest BCUT2D eigenvalue weighted by Crippen LogP contribution is 2.40.